The Labute approximate surface area is 104 Å². The van der Waals surface area contributed by atoms with Gasteiger partial charge in [0.2, 0.25) is 0 Å². The summed E-state index contributed by atoms with van der Waals surface area (Å²) < 4.78 is 6.59. The molecule has 0 amide bonds. The van der Waals surface area contributed by atoms with Gasteiger partial charge < -0.3 is 10.1 Å². The van der Waals surface area contributed by atoms with Crippen molar-refractivity contribution in [2.24, 2.45) is 5.92 Å². The molecule has 16 heavy (non-hydrogen) atoms. The van der Waals surface area contributed by atoms with Crippen molar-refractivity contribution >= 4 is 15.9 Å². The normalized spacial score (nSPS) is 19.4. The van der Waals surface area contributed by atoms with E-state index in [1.165, 1.54) is 0 Å². The lowest BCUT2D eigenvalue weighted by molar-refractivity contribution is 0.259. The number of benzene rings is 1. The molecule has 2 rings (SSSR count). The van der Waals surface area contributed by atoms with Gasteiger partial charge in [0.15, 0.2) is 0 Å². The second-order valence-corrected chi connectivity index (χ2v) is 4.84. The number of rotatable bonds is 3. The molecule has 0 saturated carbocycles. The molecule has 0 aromatic heterocycles. The first-order valence-corrected chi connectivity index (χ1v) is 6.12. The van der Waals surface area contributed by atoms with Crippen LogP contribution in [0, 0.1) is 17.2 Å². The molecule has 1 aliphatic heterocycles. The first-order valence-electron chi connectivity index (χ1n) is 5.33. The highest BCUT2D eigenvalue weighted by molar-refractivity contribution is 9.10. The fraction of sp³-hybridized carbons (Fsp3) is 0.417. The average Bonchev–Trinajstić information content (AvgIpc) is 2.80. The maximum Gasteiger partial charge on any atom is 0.137 e. The Hall–Kier alpha value is -1.05. The molecule has 0 bridgehead atoms. The standard InChI is InChI=1S/C12H13BrN2O/c13-11-1-2-12(10(5-11)6-14)16-8-9-3-4-15-7-9/h1-2,5,9,15H,3-4,7-8H2. The Bertz CT molecular complexity index is 408. The van der Waals surface area contributed by atoms with Gasteiger partial charge in [0.05, 0.1) is 12.2 Å². The van der Waals surface area contributed by atoms with Gasteiger partial charge in [-0.3, -0.25) is 0 Å². The van der Waals surface area contributed by atoms with Crippen LogP contribution in [0.5, 0.6) is 5.75 Å². The first-order chi connectivity index (χ1) is 7.79. The van der Waals surface area contributed by atoms with E-state index in [-0.39, 0.29) is 0 Å². The van der Waals surface area contributed by atoms with Crippen LogP contribution >= 0.6 is 15.9 Å². The molecular formula is C12H13BrN2O. The topological polar surface area (TPSA) is 45.0 Å². The molecule has 1 N–H and O–H groups in total. The minimum absolute atomic E-state index is 0.565. The Morgan fingerprint density at radius 3 is 3.12 bits per heavy atom. The quantitative estimate of drug-likeness (QED) is 0.924. The van der Waals surface area contributed by atoms with Crippen LogP contribution in [0.25, 0.3) is 0 Å². The molecule has 1 atom stereocenters. The van der Waals surface area contributed by atoms with Crippen molar-refractivity contribution in [3.05, 3.63) is 28.2 Å². The Kier molecular flexibility index (Phi) is 3.81. The molecule has 1 fully saturated rings. The van der Waals surface area contributed by atoms with Crippen LogP contribution in [-0.4, -0.2) is 19.7 Å². The van der Waals surface area contributed by atoms with E-state index in [2.05, 4.69) is 27.3 Å². The highest BCUT2D eigenvalue weighted by Gasteiger charge is 2.15. The Morgan fingerprint density at radius 1 is 1.56 bits per heavy atom. The van der Waals surface area contributed by atoms with Crippen LogP contribution in [0.4, 0.5) is 0 Å². The van der Waals surface area contributed by atoms with Crippen molar-refractivity contribution in [3.63, 3.8) is 0 Å². The fourth-order valence-electron chi connectivity index (χ4n) is 1.78. The van der Waals surface area contributed by atoms with Crippen molar-refractivity contribution in [3.8, 4) is 11.8 Å². The van der Waals surface area contributed by atoms with Gasteiger partial charge >= 0.3 is 0 Å². The predicted octanol–water partition coefficient (Wildman–Crippen LogP) is 2.31. The zero-order chi connectivity index (χ0) is 11.4. The highest BCUT2D eigenvalue weighted by Crippen LogP contribution is 2.23. The Balaban J connectivity index is 2.00. The molecule has 3 nitrogen and oxygen atoms in total. The lowest BCUT2D eigenvalue weighted by Crippen LogP contribution is -2.15. The summed E-state index contributed by atoms with van der Waals surface area (Å²) in [6.07, 6.45) is 1.15. The van der Waals surface area contributed by atoms with Crippen LogP contribution < -0.4 is 10.1 Å². The van der Waals surface area contributed by atoms with Gasteiger partial charge in [0, 0.05) is 16.9 Å². The number of ether oxygens (including phenoxy) is 1. The molecule has 1 unspecified atom stereocenters. The highest BCUT2D eigenvalue weighted by atomic mass is 79.9. The minimum Gasteiger partial charge on any atom is -0.492 e. The summed E-state index contributed by atoms with van der Waals surface area (Å²) in [5.41, 5.74) is 0.584. The Morgan fingerprint density at radius 2 is 2.44 bits per heavy atom. The van der Waals surface area contributed by atoms with Crippen LogP contribution in [0.1, 0.15) is 12.0 Å². The van der Waals surface area contributed by atoms with Gasteiger partial charge in [0.25, 0.3) is 0 Å². The average molecular weight is 281 g/mol. The van der Waals surface area contributed by atoms with Crippen molar-refractivity contribution in [2.45, 2.75) is 6.42 Å². The maximum atomic E-state index is 8.97. The molecule has 1 saturated heterocycles. The summed E-state index contributed by atoms with van der Waals surface area (Å²) in [7, 11) is 0. The summed E-state index contributed by atoms with van der Waals surface area (Å²) in [6.45, 7) is 2.77. The largest absolute Gasteiger partial charge is 0.492 e. The number of hydrogen-bond acceptors (Lipinski definition) is 3. The van der Waals surface area contributed by atoms with E-state index in [1.54, 1.807) is 6.07 Å². The number of nitrogens with zero attached hydrogens (tertiary/aromatic N) is 1. The summed E-state index contributed by atoms with van der Waals surface area (Å²) in [4.78, 5) is 0. The summed E-state index contributed by atoms with van der Waals surface area (Å²) >= 11 is 3.34. The van der Waals surface area contributed by atoms with E-state index in [9.17, 15) is 0 Å². The van der Waals surface area contributed by atoms with Gasteiger partial charge in [-0.05, 0) is 31.2 Å². The molecule has 0 aliphatic carbocycles. The third-order valence-electron chi connectivity index (χ3n) is 2.70. The van der Waals surface area contributed by atoms with E-state index in [0.29, 0.717) is 23.8 Å². The molecular weight excluding hydrogens is 268 g/mol. The van der Waals surface area contributed by atoms with Crippen molar-refractivity contribution in [1.29, 1.82) is 5.26 Å². The maximum absolute atomic E-state index is 8.97. The van der Waals surface area contributed by atoms with Crippen LogP contribution in [0.15, 0.2) is 22.7 Å². The van der Waals surface area contributed by atoms with Gasteiger partial charge in [-0.15, -0.1) is 0 Å². The van der Waals surface area contributed by atoms with Gasteiger partial charge in [-0.1, -0.05) is 15.9 Å². The second-order valence-electron chi connectivity index (χ2n) is 3.92. The lowest BCUT2D eigenvalue weighted by atomic mass is 10.1. The van der Waals surface area contributed by atoms with Crippen LogP contribution in [-0.2, 0) is 0 Å². The molecule has 1 heterocycles. The van der Waals surface area contributed by atoms with E-state index < -0.39 is 0 Å². The third-order valence-corrected chi connectivity index (χ3v) is 3.19. The van der Waals surface area contributed by atoms with Crippen LogP contribution in [0.3, 0.4) is 0 Å². The van der Waals surface area contributed by atoms with E-state index in [0.717, 1.165) is 24.0 Å². The molecule has 1 aliphatic rings. The van der Waals surface area contributed by atoms with Crippen molar-refractivity contribution < 1.29 is 4.74 Å². The number of hydrogen-bond donors (Lipinski definition) is 1. The zero-order valence-electron chi connectivity index (χ0n) is 8.87. The third kappa shape index (κ3) is 2.75. The molecule has 84 valence electrons. The smallest absolute Gasteiger partial charge is 0.137 e. The molecule has 1 aromatic carbocycles. The number of halogens is 1. The summed E-state index contributed by atoms with van der Waals surface area (Å²) in [5.74, 6) is 1.24. The molecule has 0 spiro atoms. The number of nitrogens with one attached hydrogen (secondary N) is 1. The molecule has 0 radical (unpaired) electrons. The minimum atomic E-state index is 0.565. The fourth-order valence-corrected chi connectivity index (χ4v) is 2.14. The summed E-state index contributed by atoms with van der Waals surface area (Å²) in [5, 5.41) is 12.3. The SMILES string of the molecule is N#Cc1cc(Br)ccc1OCC1CCNC1. The van der Waals surface area contributed by atoms with Crippen LogP contribution in [0.2, 0.25) is 0 Å². The van der Waals surface area contributed by atoms with Gasteiger partial charge in [0.1, 0.15) is 11.8 Å². The van der Waals surface area contributed by atoms with Gasteiger partial charge in [-0.25, -0.2) is 0 Å². The van der Waals surface area contributed by atoms with E-state index in [1.807, 2.05) is 12.1 Å². The second kappa shape index (κ2) is 5.33. The van der Waals surface area contributed by atoms with E-state index in [4.69, 9.17) is 10.00 Å². The first kappa shape index (κ1) is 11.4. The molecule has 4 heteroatoms. The lowest BCUT2D eigenvalue weighted by Gasteiger charge is -2.11. The van der Waals surface area contributed by atoms with Gasteiger partial charge in [-0.2, -0.15) is 5.26 Å². The zero-order valence-corrected chi connectivity index (χ0v) is 10.5. The van der Waals surface area contributed by atoms with Crippen molar-refractivity contribution in [2.75, 3.05) is 19.7 Å². The monoisotopic (exact) mass is 280 g/mol. The molecule has 1 aromatic rings. The van der Waals surface area contributed by atoms with Crippen molar-refractivity contribution in [1.82, 2.24) is 5.32 Å². The predicted molar refractivity (Wildman–Crippen MR) is 65.3 cm³/mol. The van der Waals surface area contributed by atoms with E-state index >= 15 is 0 Å². The number of nitriles is 1. The summed E-state index contributed by atoms with van der Waals surface area (Å²) in [6, 6.07) is 7.65.